The Bertz CT molecular complexity index is 637. The molecule has 0 aliphatic heterocycles. The Morgan fingerprint density at radius 1 is 1.30 bits per heavy atom. The summed E-state index contributed by atoms with van der Waals surface area (Å²) in [6, 6.07) is 11.5. The van der Waals surface area contributed by atoms with Crippen LogP contribution in [0.25, 0.3) is 0 Å². The SMILES string of the molecule is N#Cc1ncccc1COc1ccc(Br)c(CCN)c1. The summed E-state index contributed by atoms with van der Waals surface area (Å²) in [6.45, 7) is 0.906. The maximum Gasteiger partial charge on any atom is 0.147 e. The highest BCUT2D eigenvalue weighted by atomic mass is 79.9. The second-order valence-corrected chi connectivity index (χ2v) is 5.06. The van der Waals surface area contributed by atoms with Gasteiger partial charge in [0.1, 0.15) is 24.1 Å². The Kier molecular flexibility index (Phi) is 5.10. The molecule has 0 bridgehead atoms. The van der Waals surface area contributed by atoms with Gasteiger partial charge in [0.25, 0.3) is 0 Å². The first-order chi connectivity index (χ1) is 9.74. The standard InChI is InChI=1S/C15H14BrN3O/c16-14-4-3-13(8-11(14)5-6-17)20-10-12-2-1-7-19-15(12)9-18/h1-4,7-8H,5-6,10,17H2. The van der Waals surface area contributed by atoms with Crippen molar-refractivity contribution in [1.29, 1.82) is 5.26 Å². The third-order valence-corrected chi connectivity index (χ3v) is 3.60. The van der Waals surface area contributed by atoms with Gasteiger partial charge in [-0.05, 0) is 42.8 Å². The third kappa shape index (κ3) is 3.56. The largest absolute Gasteiger partial charge is 0.489 e. The number of hydrogen-bond acceptors (Lipinski definition) is 4. The summed E-state index contributed by atoms with van der Waals surface area (Å²) in [5, 5.41) is 8.98. The molecule has 0 saturated heterocycles. The summed E-state index contributed by atoms with van der Waals surface area (Å²) in [4.78, 5) is 4.01. The van der Waals surface area contributed by atoms with E-state index in [1.165, 1.54) is 0 Å². The van der Waals surface area contributed by atoms with E-state index in [0.29, 0.717) is 18.8 Å². The highest BCUT2D eigenvalue weighted by Gasteiger charge is 2.05. The number of nitriles is 1. The molecule has 1 aromatic carbocycles. The third-order valence-electron chi connectivity index (χ3n) is 2.82. The Hall–Kier alpha value is -1.90. The number of pyridine rings is 1. The first-order valence-corrected chi connectivity index (χ1v) is 6.99. The van der Waals surface area contributed by atoms with Crippen molar-refractivity contribution >= 4 is 15.9 Å². The number of nitrogens with two attached hydrogens (primary N) is 1. The second kappa shape index (κ2) is 7.04. The fourth-order valence-corrected chi connectivity index (χ4v) is 2.25. The van der Waals surface area contributed by atoms with Gasteiger partial charge < -0.3 is 10.5 Å². The van der Waals surface area contributed by atoms with Crippen LogP contribution >= 0.6 is 15.9 Å². The van der Waals surface area contributed by atoms with Crippen LogP contribution in [0.2, 0.25) is 0 Å². The zero-order valence-electron chi connectivity index (χ0n) is 10.8. The number of nitrogens with zero attached hydrogens (tertiary/aromatic N) is 2. The van der Waals surface area contributed by atoms with E-state index >= 15 is 0 Å². The van der Waals surface area contributed by atoms with Crippen LogP contribution in [0.4, 0.5) is 0 Å². The Morgan fingerprint density at radius 3 is 2.90 bits per heavy atom. The smallest absolute Gasteiger partial charge is 0.147 e. The van der Waals surface area contributed by atoms with Gasteiger partial charge in [-0.15, -0.1) is 0 Å². The molecule has 0 aliphatic carbocycles. The number of benzene rings is 1. The molecule has 102 valence electrons. The first-order valence-electron chi connectivity index (χ1n) is 6.20. The van der Waals surface area contributed by atoms with Crippen molar-refractivity contribution in [2.45, 2.75) is 13.0 Å². The maximum atomic E-state index is 8.98. The molecule has 0 unspecified atom stereocenters. The summed E-state index contributed by atoms with van der Waals surface area (Å²) in [5.41, 5.74) is 7.86. The lowest BCUT2D eigenvalue weighted by atomic mass is 10.1. The average molecular weight is 332 g/mol. The number of halogens is 1. The van der Waals surface area contributed by atoms with E-state index in [2.05, 4.69) is 27.0 Å². The fraction of sp³-hybridized carbons (Fsp3) is 0.200. The number of aromatic nitrogens is 1. The quantitative estimate of drug-likeness (QED) is 0.914. The van der Waals surface area contributed by atoms with Crippen molar-refractivity contribution in [3.05, 3.63) is 57.8 Å². The lowest BCUT2D eigenvalue weighted by molar-refractivity contribution is 0.305. The molecule has 2 N–H and O–H groups in total. The second-order valence-electron chi connectivity index (χ2n) is 4.20. The first kappa shape index (κ1) is 14.5. The molecule has 0 radical (unpaired) electrons. The van der Waals surface area contributed by atoms with E-state index < -0.39 is 0 Å². The van der Waals surface area contributed by atoms with E-state index in [0.717, 1.165) is 27.8 Å². The van der Waals surface area contributed by atoms with Crippen LogP contribution in [-0.4, -0.2) is 11.5 Å². The van der Waals surface area contributed by atoms with Crippen LogP contribution in [0.15, 0.2) is 41.0 Å². The molecule has 5 heteroatoms. The van der Waals surface area contributed by atoms with E-state index in [1.807, 2.05) is 24.3 Å². The monoisotopic (exact) mass is 331 g/mol. The molecule has 2 rings (SSSR count). The molecule has 0 amide bonds. The molecule has 4 nitrogen and oxygen atoms in total. The molecule has 0 spiro atoms. The van der Waals surface area contributed by atoms with Crippen LogP contribution in [0.5, 0.6) is 5.75 Å². The Morgan fingerprint density at radius 2 is 2.15 bits per heavy atom. The summed E-state index contributed by atoms with van der Waals surface area (Å²) in [6.07, 6.45) is 2.38. The predicted octanol–water partition coefficient (Wildman–Crippen LogP) is 2.80. The summed E-state index contributed by atoms with van der Waals surface area (Å²) >= 11 is 3.49. The molecule has 1 heterocycles. The molecule has 20 heavy (non-hydrogen) atoms. The Labute approximate surface area is 126 Å². The average Bonchev–Trinajstić information content (AvgIpc) is 2.48. The lowest BCUT2D eigenvalue weighted by Gasteiger charge is -2.10. The van der Waals surface area contributed by atoms with Gasteiger partial charge in [0, 0.05) is 16.2 Å². The van der Waals surface area contributed by atoms with Gasteiger partial charge in [0.15, 0.2) is 0 Å². The van der Waals surface area contributed by atoms with Crippen molar-refractivity contribution in [1.82, 2.24) is 4.98 Å². The van der Waals surface area contributed by atoms with Crippen molar-refractivity contribution in [3.63, 3.8) is 0 Å². The Balaban J connectivity index is 2.11. The zero-order valence-corrected chi connectivity index (χ0v) is 12.4. The number of rotatable bonds is 5. The van der Waals surface area contributed by atoms with Gasteiger partial charge in [-0.25, -0.2) is 4.98 Å². The van der Waals surface area contributed by atoms with Crippen LogP contribution < -0.4 is 10.5 Å². The van der Waals surface area contributed by atoms with Crippen LogP contribution in [0.3, 0.4) is 0 Å². The van der Waals surface area contributed by atoms with Crippen molar-refractivity contribution in [2.24, 2.45) is 5.73 Å². The summed E-state index contributed by atoms with van der Waals surface area (Å²) < 4.78 is 6.75. The zero-order chi connectivity index (χ0) is 14.4. The summed E-state index contributed by atoms with van der Waals surface area (Å²) in [5.74, 6) is 0.754. The molecule has 2 aromatic rings. The highest BCUT2D eigenvalue weighted by Crippen LogP contribution is 2.23. The molecular weight excluding hydrogens is 318 g/mol. The van der Waals surface area contributed by atoms with E-state index in [9.17, 15) is 0 Å². The number of hydrogen-bond donors (Lipinski definition) is 1. The normalized spacial score (nSPS) is 10.1. The van der Waals surface area contributed by atoms with Gasteiger partial charge in [0.2, 0.25) is 0 Å². The minimum absolute atomic E-state index is 0.320. The van der Waals surface area contributed by atoms with E-state index in [-0.39, 0.29) is 0 Å². The molecular formula is C15H14BrN3O. The molecule has 1 aromatic heterocycles. The van der Waals surface area contributed by atoms with Gasteiger partial charge in [-0.1, -0.05) is 22.0 Å². The molecule has 0 aliphatic rings. The minimum atomic E-state index is 0.320. The highest BCUT2D eigenvalue weighted by molar-refractivity contribution is 9.10. The van der Waals surface area contributed by atoms with Crippen LogP contribution in [0.1, 0.15) is 16.8 Å². The van der Waals surface area contributed by atoms with E-state index in [4.69, 9.17) is 15.7 Å². The van der Waals surface area contributed by atoms with E-state index in [1.54, 1.807) is 12.3 Å². The molecule has 0 atom stereocenters. The van der Waals surface area contributed by atoms with Gasteiger partial charge in [-0.2, -0.15) is 5.26 Å². The van der Waals surface area contributed by atoms with Crippen molar-refractivity contribution in [3.8, 4) is 11.8 Å². The topological polar surface area (TPSA) is 71.9 Å². The minimum Gasteiger partial charge on any atom is -0.489 e. The molecule has 0 saturated carbocycles. The summed E-state index contributed by atoms with van der Waals surface area (Å²) in [7, 11) is 0. The van der Waals surface area contributed by atoms with Crippen molar-refractivity contribution in [2.75, 3.05) is 6.54 Å². The fourth-order valence-electron chi connectivity index (χ4n) is 1.80. The predicted molar refractivity (Wildman–Crippen MR) is 80.2 cm³/mol. The van der Waals surface area contributed by atoms with Crippen LogP contribution in [-0.2, 0) is 13.0 Å². The maximum absolute atomic E-state index is 8.98. The molecule has 0 fully saturated rings. The van der Waals surface area contributed by atoms with Gasteiger partial charge in [-0.3, -0.25) is 0 Å². The van der Waals surface area contributed by atoms with Gasteiger partial charge >= 0.3 is 0 Å². The van der Waals surface area contributed by atoms with Crippen molar-refractivity contribution < 1.29 is 4.74 Å². The lowest BCUT2D eigenvalue weighted by Crippen LogP contribution is -2.04. The number of ether oxygens (including phenoxy) is 1. The van der Waals surface area contributed by atoms with Crippen LogP contribution in [0, 0.1) is 11.3 Å². The van der Waals surface area contributed by atoms with Gasteiger partial charge in [0.05, 0.1) is 0 Å².